The van der Waals surface area contributed by atoms with Gasteiger partial charge in [0.05, 0.1) is 35.9 Å². The predicted molar refractivity (Wildman–Crippen MR) is 99.3 cm³/mol. The molecule has 1 aromatic carbocycles. The molecule has 0 atom stereocenters. The number of aryl methyl sites for hydroxylation is 2. The van der Waals surface area contributed by atoms with Crippen LogP contribution in [-0.4, -0.2) is 33.0 Å². The molecule has 0 unspecified atom stereocenters. The van der Waals surface area contributed by atoms with E-state index in [1.807, 2.05) is 36.9 Å². The van der Waals surface area contributed by atoms with Crippen LogP contribution >= 0.6 is 0 Å². The maximum atomic E-state index is 5.53. The molecule has 5 nitrogen and oxygen atoms in total. The van der Waals surface area contributed by atoms with Gasteiger partial charge in [-0.2, -0.15) is 5.10 Å². The van der Waals surface area contributed by atoms with Crippen molar-refractivity contribution in [3.05, 3.63) is 54.1 Å². The zero-order chi connectivity index (χ0) is 17.6. The minimum atomic E-state index is 0.688. The summed E-state index contributed by atoms with van der Waals surface area (Å²) in [6, 6.07) is 10.3. The van der Waals surface area contributed by atoms with E-state index in [1.54, 1.807) is 6.20 Å². The third-order valence-corrected chi connectivity index (χ3v) is 3.96. The van der Waals surface area contributed by atoms with Crippen LogP contribution in [0.25, 0.3) is 22.5 Å². The van der Waals surface area contributed by atoms with Gasteiger partial charge < -0.3 is 4.74 Å². The first-order valence-electron chi connectivity index (χ1n) is 8.69. The van der Waals surface area contributed by atoms with Crippen molar-refractivity contribution >= 4 is 0 Å². The number of nitrogens with zero attached hydrogens (tertiary/aromatic N) is 4. The van der Waals surface area contributed by atoms with Crippen LogP contribution in [0.4, 0.5) is 0 Å². The van der Waals surface area contributed by atoms with Gasteiger partial charge in [-0.1, -0.05) is 25.1 Å². The Balaban J connectivity index is 1.80. The van der Waals surface area contributed by atoms with Crippen LogP contribution in [0, 0.1) is 13.8 Å². The minimum absolute atomic E-state index is 0.688. The van der Waals surface area contributed by atoms with Crippen LogP contribution in [0.3, 0.4) is 0 Å². The molecule has 2 aromatic heterocycles. The molecule has 0 fully saturated rings. The molecule has 0 radical (unpaired) electrons. The van der Waals surface area contributed by atoms with Crippen molar-refractivity contribution in [1.29, 1.82) is 0 Å². The Morgan fingerprint density at radius 1 is 1.08 bits per heavy atom. The summed E-state index contributed by atoms with van der Waals surface area (Å²) < 4.78 is 7.45. The maximum absolute atomic E-state index is 5.53. The fourth-order valence-corrected chi connectivity index (χ4v) is 2.68. The van der Waals surface area contributed by atoms with Gasteiger partial charge >= 0.3 is 0 Å². The molecule has 0 saturated heterocycles. The molecular weight excluding hydrogens is 312 g/mol. The van der Waals surface area contributed by atoms with Gasteiger partial charge in [0.2, 0.25) is 0 Å². The average Bonchev–Trinajstić information content (AvgIpc) is 3.10. The minimum Gasteiger partial charge on any atom is -0.380 e. The first-order chi connectivity index (χ1) is 12.2. The SMILES string of the molecule is CCCOCCn1ccc(-c2cccc(-c3nc(C)cnc3C)c2)n1. The van der Waals surface area contributed by atoms with E-state index in [4.69, 9.17) is 4.74 Å². The molecule has 0 spiro atoms. The van der Waals surface area contributed by atoms with Crippen molar-refractivity contribution in [3.8, 4) is 22.5 Å². The van der Waals surface area contributed by atoms with Gasteiger partial charge in [0.15, 0.2) is 0 Å². The Bertz CT molecular complexity index is 841. The van der Waals surface area contributed by atoms with Crippen molar-refractivity contribution in [3.63, 3.8) is 0 Å². The number of benzene rings is 1. The van der Waals surface area contributed by atoms with Crippen LogP contribution in [0.1, 0.15) is 24.7 Å². The maximum Gasteiger partial charge on any atom is 0.0923 e. The molecule has 5 heteroatoms. The fourth-order valence-electron chi connectivity index (χ4n) is 2.68. The molecule has 0 aliphatic heterocycles. The predicted octanol–water partition coefficient (Wildman–Crippen LogP) is 4.05. The second-order valence-electron chi connectivity index (χ2n) is 6.10. The molecule has 0 saturated carbocycles. The van der Waals surface area contributed by atoms with Crippen LogP contribution in [0.2, 0.25) is 0 Å². The largest absolute Gasteiger partial charge is 0.380 e. The number of ether oxygens (including phenoxy) is 1. The van der Waals surface area contributed by atoms with E-state index in [0.29, 0.717) is 6.61 Å². The topological polar surface area (TPSA) is 52.8 Å². The lowest BCUT2D eigenvalue weighted by Gasteiger charge is -2.07. The Morgan fingerprint density at radius 3 is 2.76 bits per heavy atom. The summed E-state index contributed by atoms with van der Waals surface area (Å²) in [6.45, 7) is 8.31. The smallest absolute Gasteiger partial charge is 0.0923 e. The molecule has 3 aromatic rings. The van der Waals surface area contributed by atoms with Gasteiger partial charge in [-0.15, -0.1) is 0 Å². The lowest BCUT2D eigenvalue weighted by molar-refractivity contribution is 0.124. The summed E-state index contributed by atoms with van der Waals surface area (Å²) in [7, 11) is 0. The number of aromatic nitrogens is 4. The Hall–Kier alpha value is -2.53. The molecule has 2 heterocycles. The van der Waals surface area contributed by atoms with E-state index < -0.39 is 0 Å². The molecule has 0 aliphatic carbocycles. The van der Waals surface area contributed by atoms with E-state index >= 15 is 0 Å². The summed E-state index contributed by atoms with van der Waals surface area (Å²) in [5.41, 5.74) is 5.87. The van der Waals surface area contributed by atoms with E-state index in [2.05, 4.69) is 40.2 Å². The average molecular weight is 336 g/mol. The fraction of sp³-hybridized carbons (Fsp3) is 0.350. The van der Waals surface area contributed by atoms with Crippen molar-refractivity contribution in [2.24, 2.45) is 0 Å². The van der Waals surface area contributed by atoms with Crippen molar-refractivity contribution < 1.29 is 4.74 Å². The van der Waals surface area contributed by atoms with Crippen LogP contribution < -0.4 is 0 Å². The quantitative estimate of drug-likeness (QED) is 0.611. The van der Waals surface area contributed by atoms with Gasteiger partial charge in [0, 0.05) is 30.1 Å². The molecule has 0 bridgehead atoms. The second-order valence-corrected chi connectivity index (χ2v) is 6.10. The monoisotopic (exact) mass is 336 g/mol. The van der Waals surface area contributed by atoms with E-state index in [-0.39, 0.29) is 0 Å². The number of rotatable bonds is 7. The van der Waals surface area contributed by atoms with Crippen LogP contribution in [0.5, 0.6) is 0 Å². The highest BCUT2D eigenvalue weighted by atomic mass is 16.5. The third kappa shape index (κ3) is 4.31. The summed E-state index contributed by atoms with van der Waals surface area (Å²) in [5.74, 6) is 0. The molecule has 0 amide bonds. The first kappa shape index (κ1) is 17.3. The molecule has 130 valence electrons. The van der Waals surface area contributed by atoms with Crippen molar-refractivity contribution in [2.75, 3.05) is 13.2 Å². The van der Waals surface area contributed by atoms with Gasteiger partial charge in [0.25, 0.3) is 0 Å². The molecular formula is C20H24N4O. The van der Waals surface area contributed by atoms with Gasteiger partial charge in [-0.3, -0.25) is 9.67 Å². The van der Waals surface area contributed by atoms with Crippen molar-refractivity contribution in [2.45, 2.75) is 33.7 Å². The molecule has 25 heavy (non-hydrogen) atoms. The lowest BCUT2D eigenvalue weighted by atomic mass is 10.0. The number of hydrogen-bond acceptors (Lipinski definition) is 4. The zero-order valence-electron chi connectivity index (χ0n) is 15.1. The van der Waals surface area contributed by atoms with Gasteiger partial charge in [-0.25, -0.2) is 4.98 Å². The van der Waals surface area contributed by atoms with Crippen LogP contribution in [0.15, 0.2) is 42.7 Å². The van der Waals surface area contributed by atoms with Crippen LogP contribution in [-0.2, 0) is 11.3 Å². The van der Waals surface area contributed by atoms with Gasteiger partial charge in [-0.05, 0) is 32.4 Å². The lowest BCUT2D eigenvalue weighted by Crippen LogP contribution is -2.07. The number of hydrogen-bond donors (Lipinski definition) is 0. The molecule has 0 N–H and O–H groups in total. The first-order valence-corrected chi connectivity index (χ1v) is 8.69. The third-order valence-electron chi connectivity index (χ3n) is 3.96. The Labute approximate surface area is 148 Å². The summed E-state index contributed by atoms with van der Waals surface area (Å²) in [4.78, 5) is 9.05. The standard InChI is InChI=1S/C20H24N4O/c1-4-11-25-12-10-24-9-8-19(23-24)17-6-5-7-18(13-17)20-16(3)21-14-15(2)22-20/h5-9,13-14H,4,10-12H2,1-3H3. The highest BCUT2D eigenvalue weighted by Crippen LogP contribution is 2.25. The van der Waals surface area contributed by atoms with Gasteiger partial charge in [0.1, 0.15) is 0 Å². The van der Waals surface area contributed by atoms with E-state index in [0.717, 1.165) is 53.5 Å². The normalized spacial score (nSPS) is 11.0. The highest BCUT2D eigenvalue weighted by molar-refractivity contribution is 5.70. The Morgan fingerprint density at radius 2 is 1.92 bits per heavy atom. The zero-order valence-corrected chi connectivity index (χ0v) is 15.1. The molecule has 3 rings (SSSR count). The summed E-state index contributed by atoms with van der Waals surface area (Å²) >= 11 is 0. The second kappa shape index (κ2) is 8.03. The molecule has 0 aliphatic rings. The van der Waals surface area contributed by atoms with E-state index in [1.165, 1.54) is 0 Å². The Kier molecular flexibility index (Phi) is 5.56. The van der Waals surface area contributed by atoms with Crippen molar-refractivity contribution in [1.82, 2.24) is 19.7 Å². The highest BCUT2D eigenvalue weighted by Gasteiger charge is 2.08. The summed E-state index contributed by atoms with van der Waals surface area (Å²) in [6.07, 6.45) is 4.83. The summed E-state index contributed by atoms with van der Waals surface area (Å²) in [5, 5.41) is 4.65. The van der Waals surface area contributed by atoms with E-state index in [9.17, 15) is 0 Å².